The molecule has 3 heteroatoms. The van der Waals surface area contributed by atoms with Crippen LogP contribution in [0.2, 0.25) is 4.78 Å². The molecule has 0 N–H and O–H groups in total. The Morgan fingerprint density at radius 2 is 0.722 bits per heavy atom. The van der Waals surface area contributed by atoms with Crippen molar-refractivity contribution in [3.05, 3.63) is 57.6 Å². The first-order chi connectivity index (χ1) is 16.0. The van der Waals surface area contributed by atoms with Gasteiger partial charge in [-0.3, -0.25) is 0 Å². The van der Waals surface area contributed by atoms with Gasteiger partial charge in [-0.1, -0.05) is 132 Å². The topological polar surface area (TPSA) is 18.5 Å². The second-order valence-electron chi connectivity index (χ2n) is 15.2. The van der Waals surface area contributed by atoms with Crippen molar-refractivity contribution >= 4 is 14.8 Å². The predicted octanol–water partition coefficient (Wildman–Crippen LogP) is 9.85. The van der Waals surface area contributed by atoms with Gasteiger partial charge in [-0.2, -0.15) is 0 Å². The fourth-order valence-corrected chi connectivity index (χ4v) is 6.12. The summed E-state index contributed by atoms with van der Waals surface area (Å²) in [5.74, 6) is 2.07. The van der Waals surface area contributed by atoms with E-state index < -0.39 is 14.8 Å². The molecule has 0 spiro atoms. The molecule has 0 unspecified atom stereocenters. The summed E-state index contributed by atoms with van der Waals surface area (Å²) in [4.78, 5) is 0. The van der Waals surface area contributed by atoms with E-state index in [-0.39, 0.29) is 21.7 Å². The van der Waals surface area contributed by atoms with Gasteiger partial charge in [-0.05, 0) is 62.5 Å². The molecular weight excluding hydrogens is 455 g/mol. The Bertz CT molecular complexity index is 913. The summed E-state index contributed by atoms with van der Waals surface area (Å²) in [5, 5.41) is 0. The standard InChI is InChI=1S/2C15H24O.C3H7.Al/c2*1-10-8-11(14(2,3)4)13(16)12(9-10)15(5,6)7;1-3-2;/h2*8-9,16H,1-7H3;3H,1-2H3;/q;;;+2/p-2. The zero-order valence-electron chi connectivity index (χ0n) is 26.3. The maximum Gasteiger partial charge on any atom is 0.859 e. The number of benzene rings is 2. The molecule has 0 aliphatic carbocycles. The van der Waals surface area contributed by atoms with Crippen LogP contribution in [-0.4, -0.2) is 14.8 Å². The lowest BCUT2D eigenvalue weighted by atomic mass is 9.78. The zero-order valence-corrected chi connectivity index (χ0v) is 27.4. The second-order valence-corrected chi connectivity index (χ2v) is 17.8. The Morgan fingerprint density at radius 3 is 0.889 bits per heavy atom. The molecule has 0 aliphatic heterocycles. The van der Waals surface area contributed by atoms with E-state index in [0.717, 1.165) is 11.5 Å². The third kappa shape index (κ3) is 7.33. The maximum atomic E-state index is 7.13. The minimum atomic E-state index is -2.19. The van der Waals surface area contributed by atoms with Crippen LogP contribution < -0.4 is 7.58 Å². The molecule has 2 rings (SSSR count). The molecule has 2 aromatic carbocycles. The van der Waals surface area contributed by atoms with E-state index in [2.05, 4.69) is 135 Å². The highest BCUT2D eigenvalue weighted by molar-refractivity contribution is 6.48. The van der Waals surface area contributed by atoms with Crippen molar-refractivity contribution in [3.8, 4) is 11.5 Å². The van der Waals surface area contributed by atoms with Gasteiger partial charge >= 0.3 is 14.8 Å². The van der Waals surface area contributed by atoms with Crippen molar-refractivity contribution < 1.29 is 7.58 Å². The summed E-state index contributed by atoms with van der Waals surface area (Å²) in [5.41, 5.74) is 7.50. The molecule has 0 saturated heterocycles. The summed E-state index contributed by atoms with van der Waals surface area (Å²) in [6, 6.07) is 9.24. The van der Waals surface area contributed by atoms with Crippen molar-refractivity contribution in [1.29, 1.82) is 0 Å². The lowest BCUT2D eigenvalue weighted by Crippen LogP contribution is -2.37. The van der Waals surface area contributed by atoms with Crippen molar-refractivity contribution in [2.45, 2.75) is 137 Å². The Kier molecular flexibility index (Phi) is 8.88. The first-order valence-electron chi connectivity index (χ1n) is 13.7. The van der Waals surface area contributed by atoms with Gasteiger partial charge < -0.3 is 7.58 Å². The molecule has 2 aromatic rings. The van der Waals surface area contributed by atoms with Gasteiger partial charge in [0.2, 0.25) is 0 Å². The van der Waals surface area contributed by atoms with Crippen molar-refractivity contribution in [2.24, 2.45) is 0 Å². The normalized spacial score (nSPS) is 13.2. The van der Waals surface area contributed by atoms with Gasteiger partial charge in [0.15, 0.2) is 0 Å². The molecule has 0 fully saturated rings. The fraction of sp³-hybridized carbons (Fsp3) is 0.636. The fourth-order valence-electron chi connectivity index (χ4n) is 4.56. The monoisotopic (exact) mass is 508 g/mol. The average Bonchev–Trinajstić information content (AvgIpc) is 2.65. The summed E-state index contributed by atoms with van der Waals surface area (Å²) in [7, 11) is 0. The first kappa shape index (κ1) is 30.8. The first-order valence-corrected chi connectivity index (χ1v) is 15.3. The molecule has 36 heavy (non-hydrogen) atoms. The summed E-state index contributed by atoms with van der Waals surface area (Å²) < 4.78 is 14.6. The number of aryl methyl sites for hydroxylation is 2. The lowest BCUT2D eigenvalue weighted by molar-refractivity contribution is 0.376. The smallest absolute Gasteiger partial charge is 0.611 e. The lowest BCUT2D eigenvalue weighted by Gasteiger charge is -2.35. The van der Waals surface area contributed by atoms with Gasteiger partial charge in [-0.15, -0.1) is 0 Å². The Morgan fingerprint density at radius 1 is 0.500 bits per heavy atom. The van der Waals surface area contributed by atoms with E-state index in [1.54, 1.807) is 0 Å². The van der Waals surface area contributed by atoms with Crippen LogP contribution in [0.5, 0.6) is 11.5 Å². The van der Waals surface area contributed by atoms with E-state index in [4.69, 9.17) is 7.58 Å². The quantitative estimate of drug-likeness (QED) is 0.374. The highest BCUT2D eigenvalue weighted by Gasteiger charge is 2.42. The van der Waals surface area contributed by atoms with Crippen molar-refractivity contribution in [3.63, 3.8) is 0 Å². The number of rotatable bonds is 5. The molecule has 0 aliphatic rings. The van der Waals surface area contributed by atoms with E-state index in [0.29, 0.717) is 4.78 Å². The Balaban J connectivity index is 2.78. The SMILES string of the molecule is Cc1cc(C(C)(C)C)c([O][Al]([O]c2c(C(C)(C)C)cc(C)cc2C(C)(C)C)[CH](C)C)c(C(C)(C)C)c1. The van der Waals surface area contributed by atoms with Crippen LogP contribution in [-0.2, 0) is 21.7 Å². The highest BCUT2D eigenvalue weighted by atomic mass is 27.2. The minimum absolute atomic E-state index is 0.0335. The van der Waals surface area contributed by atoms with E-state index in [1.165, 1.54) is 33.4 Å². The summed E-state index contributed by atoms with van der Waals surface area (Å²) in [6.45, 7) is 36.3. The van der Waals surface area contributed by atoms with Gasteiger partial charge in [0.1, 0.15) is 0 Å². The van der Waals surface area contributed by atoms with Crippen molar-refractivity contribution in [2.75, 3.05) is 0 Å². The Labute approximate surface area is 228 Å². The van der Waals surface area contributed by atoms with Crippen LogP contribution in [0.3, 0.4) is 0 Å². The zero-order chi connectivity index (χ0) is 28.0. The summed E-state index contributed by atoms with van der Waals surface area (Å²) >= 11 is -2.19. The van der Waals surface area contributed by atoms with Gasteiger partial charge in [0.05, 0.1) is 11.5 Å². The number of hydrogen-bond acceptors (Lipinski definition) is 2. The third-order valence-corrected chi connectivity index (χ3v) is 8.74. The molecule has 0 radical (unpaired) electrons. The van der Waals surface area contributed by atoms with Crippen LogP contribution >= 0.6 is 0 Å². The van der Waals surface area contributed by atoms with E-state index >= 15 is 0 Å². The molecule has 0 saturated carbocycles. The minimum Gasteiger partial charge on any atom is -0.611 e. The van der Waals surface area contributed by atoms with Crippen LogP contribution in [0.15, 0.2) is 24.3 Å². The molecule has 0 bridgehead atoms. The molecule has 0 atom stereocenters. The third-order valence-electron chi connectivity index (χ3n) is 6.71. The predicted molar refractivity (Wildman–Crippen MR) is 159 cm³/mol. The molecule has 0 amide bonds. The van der Waals surface area contributed by atoms with Gasteiger partial charge in [0.25, 0.3) is 0 Å². The van der Waals surface area contributed by atoms with Gasteiger partial charge in [-0.25, -0.2) is 0 Å². The average molecular weight is 509 g/mol. The van der Waals surface area contributed by atoms with Crippen LogP contribution in [0.4, 0.5) is 0 Å². The number of hydrogen-bond donors (Lipinski definition) is 0. The summed E-state index contributed by atoms with van der Waals surface area (Å²) in [6.07, 6.45) is 0. The highest BCUT2D eigenvalue weighted by Crippen LogP contribution is 2.44. The second kappa shape index (κ2) is 10.4. The molecular formula is C33H53AlO2. The largest absolute Gasteiger partial charge is 0.859 e. The Hall–Kier alpha value is -1.43. The molecule has 0 aromatic heterocycles. The maximum absolute atomic E-state index is 7.13. The van der Waals surface area contributed by atoms with Crippen LogP contribution in [0, 0.1) is 13.8 Å². The molecule has 2 nitrogen and oxygen atoms in total. The molecule has 0 heterocycles. The van der Waals surface area contributed by atoms with Crippen LogP contribution in [0.1, 0.15) is 130 Å². The van der Waals surface area contributed by atoms with Crippen LogP contribution in [0.25, 0.3) is 0 Å². The van der Waals surface area contributed by atoms with Gasteiger partial charge in [0, 0.05) is 0 Å². The van der Waals surface area contributed by atoms with E-state index in [9.17, 15) is 0 Å². The molecule has 200 valence electrons. The van der Waals surface area contributed by atoms with Crippen molar-refractivity contribution in [1.82, 2.24) is 0 Å². The van der Waals surface area contributed by atoms with E-state index in [1.807, 2.05) is 0 Å².